The average Bonchev–Trinajstić information content (AvgIpc) is 2.55. The van der Waals surface area contributed by atoms with Crippen molar-refractivity contribution >= 4 is 10.0 Å². The molecule has 0 amide bonds. The fourth-order valence-corrected chi connectivity index (χ4v) is 4.01. The van der Waals surface area contributed by atoms with Crippen molar-refractivity contribution in [1.29, 1.82) is 0 Å². The number of nitrogens with zero attached hydrogens (tertiary/aromatic N) is 1. The first-order valence-electron chi connectivity index (χ1n) is 7.74. The number of nitrogens with two attached hydrogens (primary N) is 1. The van der Waals surface area contributed by atoms with Gasteiger partial charge in [0.15, 0.2) is 0 Å². The third-order valence-corrected chi connectivity index (χ3v) is 5.84. The molecule has 0 bridgehead atoms. The van der Waals surface area contributed by atoms with Gasteiger partial charge in [0.2, 0.25) is 10.0 Å². The van der Waals surface area contributed by atoms with Crippen LogP contribution in [0.1, 0.15) is 24.8 Å². The molecule has 0 spiro atoms. The maximum Gasteiger partial charge on any atom is 0.416 e. The van der Waals surface area contributed by atoms with Crippen LogP contribution in [0.25, 0.3) is 0 Å². The van der Waals surface area contributed by atoms with E-state index in [1.807, 2.05) is 0 Å². The van der Waals surface area contributed by atoms with Gasteiger partial charge < -0.3 is 10.5 Å². The van der Waals surface area contributed by atoms with E-state index in [2.05, 4.69) is 0 Å². The van der Waals surface area contributed by atoms with E-state index in [-0.39, 0.29) is 24.1 Å². The monoisotopic (exact) mass is 366 g/mol. The molecule has 2 rings (SSSR count). The summed E-state index contributed by atoms with van der Waals surface area (Å²) in [6.07, 6.45) is -2.61. The topological polar surface area (TPSA) is 72.6 Å². The number of rotatable bonds is 6. The van der Waals surface area contributed by atoms with E-state index in [0.29, 0.717) is 26.0 Å². The first-order chi connectivity index (χ1) is 11.2. The van der Waals surface area contributed by atoms with Crippen molar-refractivity contribution in [2.75, 3.05) is 26.2 Å². The zero-order chi connectivity index (χ0) is 17.8. The number of benzene rings is 1. The Balaban J connectivity index is 1.99. The van der Waals surface area contributed by atoms with Crippen molar-refractivity contribution in [3.8, 4) is 0 Å². The smallest absolute Gasteiger partial charge is 0.378 e. The minimum atomic E-state index is -4.48. The zero-order valence-corrected chi connectivity index (χ0v) is 13.9. The molecule has 0 atom stereocenters. The van der Waals surface area contributed by atoms with Crippen molar-refractivity contribution < 1.29 is 26.3 Å². The molecule has 5 nitrogen and oxygen atoms in total. The molecule has 1 aliphatic rings. The SMILES string of the molecule is NCCCOC1CCN(S(=O)(=O)c2ccc(C(F)(F)F)cc2)CC1. The number of ether oxygens (including phenoxy) is 1. The lowest BCUT2D eigenvalue weighted by atomic mass is 10.1. The standard InChI is InChI=1S/C15H21F3N2O3S/c16-15(17,18)12-2-4-14(5-3-12)24(21,22)20-9-6-13(7-10-20)23-11-1-8-19/h2-5,13H,1,6-11,19H2. The van der Waals surface area contributed by atoms with Crippen LogP contribution in [0.2, 0.25) is 0 Å². The highest BCUT2D eigenvalue weighted by Crippen LogP contribution is 2.30. The second kappa shape index (κ2) is 7.81. The summed E-state index contributed by atoms with van der Waals surface area (Å²) in [6.45, 7) is 1.67. The Labute approximate surface area is 139 Å². The van der Waals surface area contributed by atoms with Crippen molar-refractivity contribution in [1.82, 2.24) is 4.31 Å². The molecule has 0 aromatic heterocycles. The molecule has 1 fully saturated rings. The fraction of sp³-hybridized carbons (Fsp3) is 0.600. The quantitative estimate of drug-likeness (QED) is 0.784. The van der Waals surface area contributed by atoms with Crippen LogP contribution in [0.3, 0.4) is 0 Å². The van der Waals surface area contributed by atoms with Gasteiger partial charge in [-0.1, -0.05) is 0 Å². The molecule has 1 aromatic rings. The van der Waals surface area contributed by atoms with Crippen molar-refractivity contribution in [2.45, 2.75) is 36.4 Å². The predicted octanol–water partition coefficient (Wildman–Crippen LogP) is 2.22. The Hall–Kier alpha value is -1.16. The molecule has 1 saturated heterocycles. The second-order valence-corrected chi connectivity index (χ2v) is 7.58. The van der Waals surface area contributed by atoms with Crippen LogP contribution >= 0.6 is 0 Å². The lowest BCUT2D eigenvalue weighted by molar-refractivity contribution is -0.137. The van der Waals surface area contributed by atoms with E-state index >= 15 is 0 Å². The molecule has 1 aromatic carbocycles. The van der Waals surface area contributed by atoms with Gasteiger partial charge in [0, 0.05) is 19.7 Å². The molecular weight excluding hydrogens is 345 g/mol. The Bertz CT molecular complexity index is 624. The van der Waals surface area contributed by atoms with E-state index < -0.39 is 21.8 Å². The van der Waals surface area contributed by atoms with Crippen molar-refractivity contribution in [3.05, 3.63) is 29.8 Å². The number of alkyl halides is 3. The Morgan fingerprint density at radius 2 is 1.75 bits per heavy atom. The summed E-state index contributed by atoms with van der Waals surface area (Å²) in [5.41, 5.74) is 4.52. The summed E-state index contributed by atoms with van der Waals surface area (Å²) in [7, 11) is -3.78. The van der Waals surface area contributed by atoms with Crippen LogP contribution < -0.4 is 5.73 Å². The maximum atomic E-state index is 12.6. The van der Waals surface area contributed by atoms with Gasteiger partial charge in [-0.2, -0.15) is 17.5 Å². The molecule has 0 aliphatic carbocycles. The van der Waals surface area contributed by atoms with Crippen LogP contribution in [-0.2, 0) is 20.9 Å². The number of piperidine rings is 1. The van der Waals surface area contributed by atoms with E-state index in [9.17, 15) is 21.6 Å². The lowest BCUT2D eigenvalue weighted by Crippen LogP contribution is -2.41. The lowest BCUT2D eigenvalue weighted by Gasteiger charge is -2.31. The van der Waals surface area contributed by atoms with E-state index in [0.717, 1.165) is 30.7 Å². The highest BCUT2D eigenvalue weighted by atomic mass is 32.2. The van der Waals surface area contributed by atoms with Gasteiger partial charge in [-0.15, -0.1) is 0 Å². The van der Waals surface area contributed by atoms with E-state index in [1.54, 1.807) is 0 Å². The highest BCUT2D eigenvalue weighted by molar-refractivity contribution is 7.89. The third-order valence-electron chi connectivity index (χ3n) is 3.92. The fourth-order valence-electron chi connectivity index (χ4n) is 2.54. The summed E-state index contributed by atoms with van der Waals surface area (Å²) in [5.74, 6) is 0. The minimum Gasteiger partial charge on any atom is -0.378 e. The van der Waals surface area contributed by atoms with Gasteiger partial charge in [-0.05, 0) is 50.1 Å². The number of sulfonamides is 1. The minimum absolute atomic E-state index is 0.00407. The summed E-state index contributed by atoms with van der Waals surface area (Å²) >= 11 is 0. The zero-order valence-electron chi connectivity index (χ0n) is 13.1. The molecule has 9 heteroatoms. The summed E-state index contributed by atoms with van der Waals surface area (Å²) in [4.78, 5) is -0.127. The second-order valence-electron chi connectivity index (χ2n) is 5.64. The third kappa shape index (κ3) is 4.69. The van der Waals surface area contributed by atoms with Crippen molar-refractivity contribution in [2.24, 2.45) is 5.73 Å². The van der Waals surface area contributed by atoms with Crippen LogP contribution in [0, 0.1) is 0 Å². The molecule has 136 valence electrons. The molecule has 0 unspecified atom stereocenters. The summed E-state index contributed by atoms with van der Waals surface area (Å²) in [5, 5.41) is 0. The predicted molar refractivity (Wildman–Crippen MR) is 82.8 cm³/mol. The number of hydrogen-bond acceptors (Lipinski definition) is 4. The molecule has 1 aliphatic heterocycles. The van der Waals surface area contributed by atoms with Crippen LogP contribution in [0.4, 0.5) is 13.2 Å². The van der Waals surface area contributed by atoms with Gasteiger partial charge >= 0.3 is 6.18 Å². The summed E-state index contributed by atoms with van der Waals surface area (Å²) in [6, 6.07) is 3.58. The first kappa shape index (κ1) is 19.2. The molecular formula is C15H21F3N2O3S. The first-order valence-corrected chi connectivity index (χ1v) is 9.18. The van der Waals surface area contributed by atoms with Crippen LogP contribution in [-0.4, -0.2) is 45.1 Å². The Morgan fingerprint density at radius 1 is 1.17 bits per heavy atom. The molecule has 0 radical (unpaired) electrons. The molecule has 2 N–H and O–H groups in total. The molecule has 24 heavy (non-hydrogen) atoms. The Kier molecular flexibility index (Phi) is 6.24. The normalized spacial score (nSPS) is 18.0. The average molecular weight is 366 g/mol. The van der Waals surface area contributed by atoms with Crippen molar-refractivity contribution in [3.63, 3.8) is 0 Å². The van der Waals surface area contributed by atoms with Gasteiger partial charge in [0.1, 0.15) is 0 Å². The van der Waals surface area contributed by atoms with Crippen LogP contribution in [0.15, 0.2) is 29.2 Å². The van der Waals surface area contributed by atoms with Gasteiger partial charge in [0.25, 0.3) is 0 Å². The largest absolute Gasteiger partial charge is 0.416 e. The summed E-state index contributed by atoms with van der Waals surface area (Å²) < 4.78 is 69.6. The van der Waals surface area contributed by atoms with Gasteiger partial charge in [-0.3, -0.25) is 0 Å². The molecule has 1 heterocycles. The highest BCUT2D eigenvalue weighted by Gasteiger charge is 2.33. The Morgan fingerprint density at radius 3 is 2.25 bits per heavy atom. The molecule has 0 saturated carbocycles. The number of hydrogen-bond donors (Lipinski definition) is 1. The maximum absolute atomic E-state index is 12.6. The van der Waals surface area contributed by atoms with Gasteiger partial charge in [-0.25, -0.2) is 8.42 Å². The van der Waals surface area contributed by atoms with E-state index in [1.165, 1.54) is 4.31 Å². The van der Waals surface area contributed by atoms with E-state index in [4.69, 9.17) is 10.5 Å². The van der Waals surface area contributed by atoms with Crippen LogP contribution in [0.5, 0.6) is 0 Å². The van der Waals surface area contributed by atoms with Gasteiger partial charge in [0.05, 0.1) is 16.6 Å². The number of halogens is 3.